The van der Waals surface area contributed by atoms with E-state index in [4.69, 9.17) is 24.9 Å². The van der Waals surface area contributed by atoms with E-state index in [1.807, 2.05) is 36.9 Å². The van der Waals surface area contributed by atoms with Gasteiger partial charge >= 0.3 is 0 Å². The summed E-state index contributed by atoms with van der Waals surface area (Å²) in [6, 6.07) is 48.3. The highest BCUT2D eigenvalue weighted by Crippen LogP contribution is 2.34. The van der Waals surface area contributed by atoms with E-state index in [1.54, 1.807) is 0 Å². The molecule has 0 aliphatic heterocycles. The van der Waals surface area contributed by atoms with Gasteiger partial charge in [-0.2, -0.15) is 0 Å². The van der Waals surface area contributed by atoms with E-state index in [9.17, 15) is 0 Å². The van der Waals surface area contributed by atoms with E-state index in [-0.39, 0.29) is 0 Å². The summed E-state index contributed by atoms with van der Waals surface area (Å²) >= 11 is 0. The van der Waals surface area contributed by atoms with Gasteiger partial charge in [0.05, 0.1) is 22.4 Å². The summed E-state index contributed by atoms with van der Waals surface area (Å²) in [5, 5.41) is 4.43. The fourth-order valence-corrected chi connectivity index (χ4v) is 7.80. The molecule has 5 heterocycles. The molecule has 1 aliphatic rings. The Morgan fingerprint density at radius 3 is 1.62 bits per heavy atom. The van der Waals surface area contributed by atoms with Crippen LogP contribution < -0.4 is 0 Å². The molecule has 0 N–H and O–H groups in total. The van der Waals surface area contributed by atoms with Crippen LogP contribution in [0.5, 0.6) is 0 Å². The summed E-state index contributed by atoms with van der Waals surface area (Å²) < 4.78 is 0. The molecule has 0 bridgehead atoms. The SMILES string of the molecule is c1cnc2c(c1)CCc1cc(-c3ccc(-c4nc(-c5ccc(-c6cnc7c(ccc8cccnc87)c6)cc5)nc(-c5ccc6ccccc6c5)n4)cc3)cnc1-2. The van der Waals surface area contributed by atoms with E-state index in [0.717, 1.165) is 90.4 Å². The van der Waals surface area contributed by atoms with Gasteiger partial charge in [0.1, 0.15) is 0 Å². The third-order valence-corrected chi connectivity index (χ3v) is 10.8. The van der Waals surface area contributed by atoms with Gasteiger partial charge in [-0.3, -0.25) is 19.9 Å². The molecule has 5 aromatic heterocycles. The normalized spacial score (nSPS) is 12.1. The van der Waals surface area contributed by atoms with Crippen LogP contribution in [0.2, 0.25) is 0 Å². The monoisotopic (exact) mass is 717 g/mol. The molecular formula is C49H31N7. The lowest BCUT2D eigenvalue weighted by molar-refractivity contribution is 0.913. The minimum atomic E-state index is 0.607. The summed E-state index contributed by atoms with van der Waals surface area (Å²) in [6.07, 6.45) is 9.46. The van der Waals surface area contributed by atoms with E-state index in [2.05, 4.69) is 137 Å². The maximum atomic E-state index is 5.05. The van der Waals surface area contributed by atoms with Gasteiger partial charge in [0, 0.05) is 63.4 Å². The summed E-state index contributed by atoms with van der Waals surface area (Å²) in [7, 11) is 0. The highest BCUT2D eigenvalue weighted by molar-refractivity contribution is 6.03. The van der Waals surface area contributed by atoms with Gasteiger partial charge in [0.25, 0.3) is 0 Å². The van der Waals surface area contributed by atoms with Gasteiger partial charge < -0.3 is 0 Å². The fourth-order valence-electron chi connectivity index (χ4n) is 7.80. The summed E-state index contributed by atoms with van der Waals surface area (Å²) in [5.41, 5.74) is 13.3. The molecule has 7 nitrogen and oxygen atoms in total. The topological polar surface area (TPSA) is 90.2 Å². The molecule has 10 aromatic rings. The van der Waals surface area contributed by atoms with Crippen LogP contribution in [0.3, 0.4) is 0 Å². The van der Waals surface area contributed by atoms with E-state index < -0.39 is 0 Å². The molecule has 262 valence electrons. The number of benzene rings is 5. The van der Waals surface area contributed by atoms with Crippen molar-refractivity contribution in [3.63, 3.8) is 0 Å². The minimum absolute atomic E-state index is 0.607. The van der Waals surface area contributed by atoms with Crippen LogP contribution in [0.4, 0.5) is 0 Å². The van der Waals surface area contributed by atoms with Crippen molar-refractivity contribution in [2.75, 3.05) is 0 Å². The fraction of sp³-hybridized carbons (Fsp3) is 0.0408. The standard InChI is InChI=1S/C49H31N7/c1-2-6-37-25-40(22-13-30(37)5-1)49-55-47(35-16-9-31(10-17-35)41-26-38-20-14-33-7-3-23-50-43(33)45(38)52-28-41)54-48(56-49)36-18-11-32(12-19-36)42-27-39-21-15-34-8-4-24-51-44(34)46(39)53-29-42/h1-14,16-20,22-29H,15,21H2. The van der Waals surface area contributed by atoms with Crippen molar-refractivity contribution in [1.82, 2.24) is 34.9 Å². The Labute approximate surface area is 322 Å². The zero-order valence-electron chi connectivity index (χ0n) is 30.1. The number of fused-ring (bicyclic) bond motifs is 7. The van der Waals surface area contributed by atoms with Gasteiger partial charge in [0.2, 0.25) is 0 Å². The molecule has 11 rings (SSSR count). The lowest BCUT2D eigenvalue weighted by atomic mass is 9.91. The Balaban J connectivity index is 0.954. The van der Waals surface area contributed by atoms with Crippen LogP contribution >= 0.6 is 0 Å². The first-order chi connectivity index (χ1) is 27.7. The second kappa shape index (κ2) is 13.1. The first-order valence-corrected chi connectivity index (χ1v) is 18.7. The quantitative estimate of drug-likeness (QED) is 0.164. The van der Waals surface area contributed by atoms with Crippen molar-refractivity contribution in [1.29, 1.82) is 0 Å². The average Bonchev–Trinajstić information content (AvgIpc) is 3.28. The molecule has 1 aliphatic carbocycles. The molecule has 0 atom stereocenters. The zero-order valence-corrected chi connectivity index (χ0v) is 30.1. The number of pyridine rings is 4. The van der Waals surface area contributed by atoms with E-state index in [0.29, 0.717) is 17.5 Å². The molecular weight excluding hydrogens is 687 g/mol. The van der Waals surface area contributed by atoms with Crippen molar-refractivity contribution in [3.05, 3.63) is 175 Å². The maximum Gasteiger partial charge on any atom is 0.164 e. The third kappa shape index (κ3) is 5.65. The highest BCUT2D eigenvalue weighted by Gasteiger charge is 2.19. The first kappa shape index (κ1) is 32.0. The Bertz CT molecular complexity index is 3140. The van der Waals surface area contributed by atoms with Crippen molar-refractivity contribution < 1.29 is 0 Å². The summed E-state index contributed by atoms with van der Waals surface area (Å²) in [5.74, 6) is 1.84. The molecule has 0 amide bonds. The van der Waals surface area contributed by atoms with Crippen LogP contribution in [0.15, 0.2) is 164 Å². The van der Waals surface area contributed by atoms with E-state index >= 15 is 0 Å². The number of hydrogen-bond donors (Lipinski definition) is 0. The maximum absolute atomic E-state index is 5.05. The Kier molecular flexibility index (Phi) is 7.48. The molecule has 0 fully saturated rings. The minimum Gasteiger partial charge on any atom is -0.254 e. The predicted molar refractivity (Wildman–Crippen MR) is 224 cm³/mol. The molecule has 0 radical (unpaired) electrons. The largest absolute Gasteiger partial charge is 0.254 e. The lowest BCUT2D eigenvalue weighted by Crippen LogP contribution is -2.07. The second-order valence-corrected chi connectivity index (χ2v) is 14.2. The Morgan fingerprint density at radius 2 is 0.839 bits per heavy atom. The molecule has 56 heavy (non-hydrogen) atoms. The molecule has 0 unspecified atom stereocenters. The third-order valence-electron chi connectivity index (χ3n) is 10.8. The van der Waals surface area contributed by atoms with Gasteiger partial charge in [-0.15, -0.1) is 0 Å². The number of rotatable bonds is 5. The van der Waals surface area contributed by atoms with Gasteiger partial charge in [-0.05, 0) is 76.2 Å². The van der Waals surface area contributed by atoms with Crippen LogP contribution in [-0.4, -0.2) is 34.9 Å². The number of aryl methyl sites for hydroxylation is 2. The van der Waals surface area contributed by atoms with Gasteiger partial charge in [0.15, 0.2) is 17.5 Å². The zero-order chi connectivity index (χ0) is 37.0. The summed E-state index contributed by atoms with van der Waals surface area (Å²) in [4.78, 5) is 34.1. The van der Waals surface area contributed by atoms with Crippen LogP contribution in [0, 0.1) is 0 Å². The molecule has 7 heteroatoms. The predicted octanol–water partition coefficient (Wildman–Crippen LogP) is 11.0. The summed E-state index contributed by atoms with van der Waals surface area (Å²) in [6.45, 7) is 0. The van der Waals surface area contributed by atoms with Crippen molar-refractivity contribution in [3.8, 4) is 67.8 Å². The highest BCUT2D eigenvalue weighted by atomic mass is 15.0. The average molecular weight is 718 g/mol. The molecule has 0 saturated heterocycles. The van der Waals surface area contributed by atoms with Gasteiger partial charge in [-0.25, -0.2) is 15.0 Å². The smallest absolute Gasteiger partial charge is 0.164 e. The van der Waals surface area contributed by atoms with Crippen LogP contribution in [0.1, 0.15) is 11.1 Å². The molecule has 0 spiro atoms. The van der Waals surface area contributed by atoms with E-state index in [1.165, 1.54) is 16.5 Å². The van der Waals surface area contributed by atoms with Crippen molar-refractivity contribution in [2.24, 2.45) is 0 Å². The van der Waals surface area contributed by atoms with Crippen LogP contribution in [0.25, 0.3) is 100 Å². The number of hydrogen-bond acceptors (Lipinski definition) is 7. The van der Waals surface area contributed by atoms with Crippen LogP contribution in [-0.2, 0) is 12.8 Å². The van der Waals surface area contributed by atoms with Crippen molar-refractivity contribution in [2.45, 2.75) is 12.8 Å². The number of nitrogens with zero attached hydrogens (tertiary/aromatic N) is 7. The first-order valence-electron chi connectivity index (χ1n) is 18.7. The Hall–Kier alpha value is -7.51. The lowest BCUT2D eigenvalue weighted by Gasteiger charge is -2.18. The van der Waals surface area contributed by atoms with Crippen molar-refractivity contribution >= 4 is 32.6 Å². The molecule has 0 saturated carbocycles. The van der Waals surface area contributed by atoms with Gasteiger partial charge in [-0.1, -0.05) is 109 Å². The second-order valence-electron chi connectivity index (χ2n) is 14.2. The Morgan fingerprint density at radius 1 is 0.321 bits per heavy atom. The number of aromatic nitrogens is 7. The molecule has 5 aromatic carbocycles.